The number of allylic oxidation sites excluding steroid dienone is 1. The summed E-state index contributed by atoms with van der Waals surface area (Å²) in [5.74, 6) is -0.368. The van der Waals surface area contributed by atoms with Crippen LogP contribution in [0.25, 0.3) is 0 Å². The summed E-state index contributed by atoms with van der Waals surface area (Å²) in [7, 11) is 0. The fraction of sp³-hybridized carbons (Fsp3) is 0.429. The molecule has 1 rings (SSSR count). The zero-order chi connectivity index (χ0) is 8.10. The number of aliphatic hydroxyl groups excluding tert-OH is 1. The van der Waals surface area contributed by atoms with Crippen LogP contribution < -0.4 is 5.32 Å². The van der Waals surface area contributed by atoms with E-state index in [4.69, 9.17) is 5.11 Å². The van der Waals surface area contributed by atoms with Crippen molar-refractivity contribution in [2.24, 2.45) is 4.99 Å². The van der Waals surface area contributed by atoms with Crippen LogP contribution in [0.2, 0.25) is 0 Å². The Bertz CT molecular complexity index is 208. The maximum absolute atomic E-state index is 10.5. The van der Waals surface area contributed by atoms with Crippen LogP contribution in [0.1, 0.15) is 6.42 Å². The van der Waals surface area contributed by atoms with Crippen LogP contribution in [0.4, 0.5) is 0 Å². The zero-order valence-corrected chi connectivity index (χ0v) is 6.08. The minimum Gasteiger partial charge on any atom is -0.387 e. The van der Waals surface area contributed by atoms with Crippen molar-refractivity contribution in [3.8, 4) is 0 Å². The molecule has 4 heteroatoms. The molecule has 1 heterocycles. The highest BCUT2D eigenvalue weighted by Crippen LogP contribution is 2.02. The molecular weight excluding hydrogens is 144 g/mol. The van der Waals surface area contributed by atoms with Crippen molar-refractivity contribution >= 4 is 12.1 Å². The van der Waals surface area contributed by atoms with Crippen LogP contribution >= 0.6 is 0 Å². The molecule has 0 aromatic rings. The van der Waals surface area contributed by atoms with E-state index in [2.05, 4.69) is 10.3 Å². The first-order valence-electron chi connectivity index (χ1n) is 3.42. The van der Waals surface area contributed by atoms with Gasteiger partial charge in [-0.2, -0.15) is 0 Å². The molecule has 11 heavy (non-hydrogen) atoms. The number of aliphatic imine (C=N–C) groups is 1. The topological polar surface area (TPSA) is 61.7 Å². The number of carbonyl (C=O) groups excluding carboxylic acids is 1. The van der Waals surface area contributed by atoms with Gasteiger partial charge in [0, 0.05) is 12.6 Å². The highest BCUT2D eigenvalue weighted by Gasteiger charge is 2.01. The monoisotopic (exact) mass is 154 g/mol. The van der Waals surface area contributed by atoms with Crippen LogP contribution in [-0.2, 0) is 4.79 Å². The molecule has 0 fully saturated rings. The third kappa shape index (κ3) is 2.51. The summed E-state index contributed by atoms with van der Waals surface area (Å²) in [6, 6.07) is 0. The van der Waals surface area contributed by atoms with Crippen molar-refractivity contribution in [1.82, 2.24) is 5.32 Å². The summed E-state index contributed by atoms with van der Waals surface area (Å²) < 4.78 is 0. The molecule has 60 valence electrons. The molecule has 0 atom stereocenters. The molecule has 1 aliphatic rings. The quantitative estimate of drug-likeness (QED) is 0.573. The SMILES string of the molecule is O=C(CO)NCC1=CCC=N1. The van der Waals surface area contributed by atoms with Gasteiger partial charge in [0.1, 0.15) is 6.61 Å². The van der Waals surface area contributed by atoms with Crippen molar-refractivity contribution in [2.75, 3.05) is 13.2 Å². The minimum absolute atomic E-state index is 0.368. The fourth-order valence-electron chi connectivity index (χ4n) is 0.774. The number of hydrogen-bond acceptors (Lipinski definition) is 3. The Kier molecular flexibility index (Phi) is 2.80. The largest absolute Gasteiger partial charge is 0.387 e. The summed E-state index contributed by atoms with van der Waals surface area (Å²) >= 11 is 0. The highest BCUT2D eigenvalue weighted by molar-refractivity contribution is 5.77. The maximum atomic E-state index is 10.5. The van der Waals surface area contributed by atoms with Crippen molar-refractivity contribution in [3.63, 3.8) is 0 Å². The molecule has 2 N–H and O–H groups in total. The van der Waals surface area contributed by atoms with Gasteiger partial charge in [-0.3, -0.25) is 9.79 Å². The lowest BCUT2D eigenvalue weighted by Crippen LogP contribution is -2.27. The smallest absolute Gasteiger partial charge is 0.246 e. The molecule has 0 bridgehead atoms. The standard InChI is InChI=1S/C7H10N2O2/c10-5-7(11)9-4-6-2-1-3-8-6/h2-3,10H,1,4-5H2,(H,9,11). The molecule has 0 aromatic carbocycles. The molecule has 4 nitrogen and oxygen atoms in total. The highest BCUT2D eigenvalue weighted by atomic mass is 16.3. The first-order chi connectivity index (χ1) is 5.33. The average molecular weight is 154 g/mol. The van der Waals surface area contributed by atoms with Gasteiger partial charge < -0.3 is 10.4 Å². The second-order valence-electron chi connectivity index (χ2n) is 2.18. The number of nitrogens with one attached hydrogen (secondary N) is 1. The Morgan fingerprint density at radius 3 is 3.18 bits per heavy atom. The van der Waals surface area contributed by atoms with Gasteiger partial charge in [0.25, 0.3) is 0 Å². The molecule has 0 saturated carbocycles. The van der Waals surface area contributed by atoms with Gasteiger partial charge in [-0.1, -0.05) is 6.08 Å². The van der Waals surface area contributed by atoms with Crippen LogP contribution in [0.15, 0.2) is 16.8 Å². The lowest BCUT2D eigenvalue weighted by molar-refractivity contribution is -0.123. The normalized spacial score (nSPS) is 14.8. The average Bonchev–Trinajstić information content (AvgIpc) is 2.52. The molecular formula is C7H10N2O2. The zero-order valence-electron chi connectivity index (χ0n) is 6.08. The van der Waals surface area contributed by atoms with Gasteiger partial charge in [0.2, 0.25) is 5.91 Å². The lowest BCUT2D eigenvalue weighted by atomic mass is 10.4. The van der Waals surface area contributed by atoms with E-state index < -0.39 is 6.61 Å². The molecule has 0 spiro atoms. The molecule has 1 amide bonds. The van der Waals surface area contributed by atoms with E-state index >= 15 is 0 Å². The number of nitrogens with zero attached hydrogens (tertiary/aromatic N) is 1. The molecule has 1 aliphatic heterocycles. The van der Waals surface area contributed by atoms with Gasteiger partial charge >= 0.3 is 0 Å². The van der Waals surface area contributed by atoms with Crippen LogP contribution in [0.3, 0.4) is 0 Å². The van der Waals surface area contributed by atoms with Gasteiger partial charge in [-0.05, 0) is 0 Å². The van der Waals surface area contributed by atoms with Crippen LogP contribution in [0.5, 0.6) is 0 Å². The molecule has 0 aromatic heterocycles. The van der Waals surface area contributed by atoms with E-state index in [1.807, 2.05) is 6.08 Å². The fourth-order valence-corrected chi connectivity index (χ4v) is 0.774. The Hall–Kier alpha value is -1.16. The van der Waals surface area contributed by atoms with E-state index in [-0.39, 0.29) is 5.91 Å². The summed E-state index contributed by atoms with van der Waals surface area (Å²) in [4.78, 5) is 14.5. The van der Waals surface area contributed by atoms with Crippen molar-refractivity contribution < 1.29 is 9.90 Å². The summed E-state index contributed by atoms with van der Waals surface area (Å²) in [5.41, 5.74) is 0.854. The van der Waals surface area contributed by atoms with E-state index in [1.54, 1.807) is 6.21 Å². The van der Waals surface area contributed by atoms with Gasteiger partial charge in [0.05, 0.1) is 12.2 Å². The first kappa shape index (κ1) is 7.94. The molecule has 0 aliphatic carbocycles. The van der Waals surface area contributed by atoms with E-state index in [1.165, 1.54) is 0 Å². The summed E-state index contributed by atoms with van der Waals surface area (Å²) in [6.45, 7) is -0.0487. The maximum Gasteiger partial charge on any atom is 0.246 e. The Balaban J connectivity index is 2.22. The minimum atomic E-state index is -0.461. The van der Waals surface area contributed by atoms with Crippen LogP contribution in [0, 0.1) is 0 Å². The Morgan fingerprint density at radius 2 is 2.64 bits per heavy atom. The first-order valence-corrected chi connectivity index (χ1v) is 3.42. The number of rotatable bonds is 3. The van der Waals surface area contributed by atoms with Crippen LogP contribution in [-0.4, -0.2) is 30.4 Å². The number of aliphatic hydroxyl groups is 1. The van der Waals surface area contributed by atoms with Crippen molar-refractivity contribution in [1.29, 1.82) is 0 Å². The number of hydrogen-bond donors (Lipinski definition) is 2. The number of amides is 1. The van der Waals surface area contributed by atoms with E-state index in [0.29, 0.717) is 6.54 Å². The van der Waals surface area contributed by atoms with E-state index in [9.17, 15) is 4.79 Å². The molecule has 0 unspecified atom stereocenters. The molecule has 0 radical (unpaired) electrons. The summed E-state index contributed by atoms with van der Waals surface area (Å²) in [6.07, 6.45) is 4.54. The van der Waals surface area contributed by atoms with Crippen molar-refractivity contribution in [3.05, 3.63) is 11.8 Å². The second kappa shape index (κ2) is 3.88. The summed E-state index contributed by atoms with van der Waals surface area (Å²) in [5, 5.41) is 10.8. The Labute approximate surface area is 64.6 Å². The third-order valence-corrected chi connectivity index (χ3v) is 1.33. The van der Waals surface area contributed by atoms with Gasteiger partial charge in [0.15, 0.2) is 0 Å². The van der Waals surface area contributed by atoms with Gasteiger partial charge in [-0.15, -0.1) is 0 Å². The van der Waals surface area contributed by atoms with E-state index in [0.717, 1.165) is 12.1 Å². The predicted molar refractivity (Wildman–Crippen MR) is 41.3 cm³/mol. The number of carbonyl (C=O) groups is 1. The third-order valence-electron chi connectivity index (χ3n) is 1.33. The van der Waals surface area contributed by atoms with Gasteiger partial charge in [-0.25, -0.2) is 0 Å². The predicted octanol–water partition coefficient (Wildman–Crippen LogP) is -0.547. The second-order valence-corrected chi connectivity index (χ2v) is 2.18. The Morgan fingerprint density at radius 1 is 1.82 bits per heavy atom. The van der Waals surface area contributed by atoms with Crippen molar-refractivity contribution in [2.45, 2.75) is 6.42 Å². The molecule has 0 saturated heterocycles. The lowest BCUT2D eigenvalue weighted by Gasteiger charge is -2.00.